The molecule has 0 saturated carbocycles. The van der Waals surface area contributed by atoms with E-state index >= 15 is 0 Å². The minimum absolute atomic E-state index is 0.717. The van der Waals surface area contributed by atoms with Crippen LogP contribution >= 0.6 is 33.8 Å². The summed E-state index contributed by atoms with van der Waals surface area (Å²) in [6.45, 7) is 0. The minimum Gasteiger partial charge on any atom is -0.369 e. The Morgan fingerprint density at radius 3 is 2.58 bits per heavy atom. The third kappa shape index (κ3) is 6.63. The zero-order valence-corrected chi connectivity index (χ0v) is 9.67. The number of hydrogen-bond acceptors (Lipinski definition) is 4. The summed E-state index contributed by atoms with van der Waals surface area (Å²) in [7, 11) is 8.41. The second-order valence-corrected chi connectivity index (χ2v) is 4.56. The van der Waals surface area contributed by atoms with Gasteiger partial charge in [0, 0.05) is 25.8 Å². The van der Waals surface area contributed by atoms with E-state index in [-0.39, 0.29) is 0 Å². The highest BCUT2D eigenvalue weighted by molar-refractivity contribution is 8.87. The SMILES string of the molecule is CN=C(N=CN(C)C)SSC=S. The van der Waals surface area contributed by atoms with E-state index < -0.39 is 0 Å². The number of rotatable bonds is 3. The van der Waals surface area contributed by atoms with Gasteiger partial charge in [-0.15, -0.1) is 0 Å². The van der Waals surface area contributed by atoms with E-state index in [1.54, 1.807) is 18.1 Å². The molecule has 0 aliphatic carbocycles. The normalized spacial score (nSPS) is 12.1. The van der Waals surface area contributed by atoms with E-state index in [4.69, 9.17) is 0 Å². The van der Waals surface area contributed by atoms with E-state index in [9.17, 15) is 0 Å². The van der Waals surface area contributed by atoms with Gasteiger partial charge in [0.15, 0.2) is 5.17 Å². The topological polar surface area (TPSA) is 28.0 Å². The zero-order chi connectivity index (χ0) is 9.40. The lowest BCUT2D eigenvalue weighted by Crippen LogP contribution is -2.08. The fourth-order valence-corrected chi connectivity index (χ4v) is 1.72. The minimum atomic E-state index is 0.717. The molecule has 0 atom stereocenters. The molecular formula is C6H11N3S3. The Morgan fingerprint density at radius 1 is 1.50 bits per heavy atom. The van der Waals surface area contributed by atoms with Gasteiger partial charge in [-0.25, -0.2) is 4.99 Å². The van der Waals surface area contributed by atoms with E-state index in [1.807, 2.05) is 19.0 Å². The molecule has 0 aliphatic heterocycles. The lowest BCUT2D eigenvalue weighted by Gasteiger charge is -2.02. The molecule has 3 nitrogen and oxygen atoms in total. The number of thiocarbonyl (C=S) groups is 1. The van der Waals surface area contributed by atoms with Crippen molar-refractivity contribution in [2.24, 2.45) is 9.98 Å². The van der Waals surface area contributed by atoms with Gasteiger partial charge >= 0.3 is 0 Å². The molecule has 6 heteroatoms. The van der Waals surface area contributed by atoms with E-state index in [0.29, 0.717) is 0 Å². The molecule has 0 amide bonds. The Morgan fingerprint density at radius 2 is 2.17 bits per heavy atom. The molecule has 0 bridgehead atoms. The summed E-state index contributed by atoms with van der Waals surface area (Å²) in [6, 6.07) is 0. The monoisotopic (exact) mass is 221 g/mol. The fraction of sp³-hybridized carbons (Fsp3) is 0.500. The van der Waals surface area contributed by atoms with Crippen LogP contribution < -0.4 is 0 Å². The smallest absolute Gasteiger partial charge is 0.195 e. The van der Waals surface area contributed by atoms with Crippen LogP contribution in [0.1, 0.15) is 0 Å². The van der Waals surface area contributed by atoms with Gasteiger partial charge in [-0.3, -0.25) is 4.99 Å². The molecule has 0 saturated heterocycles. The van der Waals surface area contributed by atoms with Gasteiger partial charge in [-0.2, -0.15) is 0 Å². The lowest BCUT2D eigenvalue weighted by molar-refractivity contribution is 0.644. The van der Waals surface area contributed by atoms with Crippen molar-refractivity contribution < 1.29 is 0 Å². The molecule has 0 radical (unpaired) electrons. The maximum absolute atomic E-state index is 4.65. The predicted octanol–water partition coefficient (Wildman–Crippen LogP) is 1.90. The first-order valence-electron chi connectivity index (χ1n) is 3.15. The average molecular weight is 221 g/mol. The van der Waals surface area contributed by atoms with Gasteiger partial charge in [0.05, 0.1) is 6.34 Å². The summed E-state index contributed by atoms with van der Waals surface area (Å²) in [5, 5.41) is 0.717. The lowest BCUT2D eigenvalue weighted by atomic mass is 10.9. The third-order valence-electron chi connectivity index (χ3n) is 0.752. The summed E-state index contributed by atoms with van der Waals surface area (Å²) in [4.78, 5) is 9.93. The quantitative estimate of drug-likeness (QED) is 0.315. The van der Waals surface area contributed by atoms with Gasteiger partial charge in [-0.1, -0.05) is 12.2 Å². The van der Waals surface area contributed by atoms with Crippen LogP contribution in [0.4, 0.5) is 0 Å². The van der Waals surface area contributed by atoms with Gasteiger partial charge in [0.1, 0.15) is 0 Å². The van der Waals surface area contributed by atoms with E-state index in [2.05, 4.69) is 22.2 Å². The average Bonchev–Trinajstić information content (AvgIpc) is 2.05. The van der Waals surface area contributed by atoms with Crippen molar-refractivity contribution in [3.8, 4) is 0 Å². The molecule has 0 spiro atoms. The molecule has 0 heterocycles. The van der Waals surface area contributed by atoms with Crippen LogP contribution in [0.2, 0.25) is 0 Å². The van der Waals surface area contributed by atoms with Crippen LogP contribution in [0.5, 0.6) is 0 Å². The Hall–Kier alpha value is -0.0700. The summed E-state index contributed by atoms with van der Waals surface area (Å²) >= 11 is 4.65. The summed E-state index contributed by atoms with van der Waals surface area (Å²) < 4.78 is 1.58. The van der Waals surface area contributed by atoms with Crippen LogP contribution in [0.25, 0.3) is 0 Å². The molecular weight excluding hydrogens is 210 g/mol. The first-order valence-corrected chi connectivity index (χ1v) is 5.83. The maximum atomic E-state index is 4.65. The molecule has 0 fully saturated rings. The van der Waals surface area contributed by atoms with Crippen LogP contribution in [0.3, 0.4) is 0 Å². The van der Waals surface area contributed by atoms with Crippen molar-refractivity contribution in [3.63, 3.8) is 0 Å². The van der Waals surface area contributed by atoms with Gasteiger partial charge in [0.2, 0.25) is 0 Å². The van der Waals surface area contributed by atoms with E-state index in [0.717, 1.165) is 5.17 Å². The van der Waals surface area contributed by atoms with Crippen LogP contribution in [0.15, 0.2) is 9.98 Å². The van der Waals surface area contributed by atoms with Crippen molar-refractivity contribution in [1.82, 2.24) is 4.90 Å². The number of hydrogen-bond donors (Lipinski definition) is 0. The number of aliphatic imine (C=N–C) groups is 2. The number of nitrogens with zero attached hydrogens (tertiary/aromatic N) is 3. The Balaban J connectivity index is 3.92. The highest BCUT2D eigenvalue weighted by Crippen LogP contribution is 2.20. The summed E-state index contributed by atoms with van der Waals surface area (Å²) in [5.74, 6) is 0. The second-order valence-electron chi connectivity index (χ2n) is 1.99. The van der Waals surface area contributed by atoms with Crippen molar-refractivity contribution in [2.45, 2.75) is 0 Å². The van der Waals surface area contributed by atoms with Gasteiger partial charge in [0.25, 0.3) is 0 Å². The molecule has 68 valence electrons. The molecule has 0 N–H and O–H groups in total. The molecule has 0 aliphatic rings. The van der Waals surface area contributed by atoms with Gasteiger partial charge in [-0.05, 0) is 21.6 Å². The molecule has 0 rings (SSSR count). The molecule has 0 aromatic rings. The van der Waals surface area contributed by atoms with Crippen molar-refractivity contribution >= 4 is 50.0 Å². The molecule has 12 heavy (non-hydrogen) atoms. The number of amidine groups is 1. The largest absolute Gasteiger partial charge is 0.369 e. The van der Waals surface area contributed by atoms with Crippen molar-refractivity contribution in [1.29, 1.82) is 0 Å². The summed E-state index contributed by atoms with van der Waals surface area (Å²) in [5.41, 5.74) is 0. The third-order valence-corrected chi connectivity index (χ3v) is 3.04. The second kappa shape index (κ2) is 7.57. The fourth-order valence-electron chi connectivity index (χ4n) is 0.344. The standard InChI is InChI=1S/C6H11N3S3/c1-7-6(12-11-5-10)8-4-9(2)3/h4-5H,1-3H3. The molecule has 0 aromatic carbocycles. The molecule has 0 unspecified atom stereocenters. The Bertz CT molecular complexity index is 188. The van der Waals surface area contributed by atoms with Gasteiger partial charge < -0.3 is 4.90 Å². The molecule has 0 aromatic heterocycles. The Kier molecular flexibility index (Phi) is 7.53. The first-order chi connectivity index (χ1) is 5.70. The predicted molar refractivity (Wildman–Crippen MR) is 64.4 cm³/mol. The van der Waals surface area contributed by atoms with Crippen LogP contribution in [0, 0.1) is 0 Å². The van der Waals surface area contributed by atoms with Crippen LogP contribution in [-0.2, 0) is 0 Å². The van der Waals surface area contributed by atoms with E-state index in [1.165, 1.54) is 21.6 Å². The zero-order valence-electron chi connectivity index (χ0n) is 7.22. The van der Waals surface area contributed by atoms with Crippen molar-refractivity contribution in [3.05, 3.63) is 0 Å². The Labute approximate surface area is 86.1 Å². The highest BCUT2D eigenvalue weighted by atomic mass is 33.1. The van der Waals surface area contributed by atoms with Crippen molar-refractivity contribution in [2.75, 3.05) is 21.1 Å². The summed E-state index contributed by atoms with van der Waals surface area (Å²) in [6.07, 6.45) is 1.71. The highest BCUT2D eigenvalue weighted by Gasteiger charge is 1.93. The van der Waals surface area contributed by atoms with Crippen LogP contribution in [-0.4, -0.2) is 42.2 Å². The maximum Gasteiger partial charge on any atom is 0.195 e. The first kappa shape index (κ1) is 11.9.